The zero-order valence-corrected chi connectivity index (χ0v) is 16.1. The number of para-hydroxylation sites is 2. The quantitative estimate of drug-likeness (QED) is 0.613. The van der Waals surface area contributed by atoms with Crippen LogP contribution >= 0.6 is 0 Å². The number of hydrogen-bond acceptors (Lipinski definition) is 7. The summed E-state index contributed by atoms with van der Waals surface area (Å²) in [6.45, 7) is 3.02. The molecule has 10 heteroatoms. The highest BCUT2D eigenvalue weighted by Crippen LogP contribution is 2.27. The van der Waals surface area contributed by atoms with Crippen molar-refractivity contribution in [3.05, 3.63) is 34.7 Å². The molecule has 10 nitrogen and oxygen atoms in total. The molecular formula is C19H22N6O4. The molecule has 152 valence electrons. The van der Waals surface area contributed by atoms with Crippen molar-refractivity contribution in [3.8, 4) is 0 Å². The first-order valence-electron chi connectivity index (χ1n) is 9.57. The number of fused-ring (bicyclic) bond motifs is 3. The molecule has 1 amide bonds. The third kappa shape index (κ3) is 3.41. The van der Waals surface area contributed by atoms with Gasteiger partial charge in [0.2, 0.25) is 11.6 Å². The average molecular weight is 398 g/mol. The molecule has 0 saturated carbocycles. The monoisotopic (exact) mass is 398 g/mol. The van der Waals surface area contributed by atoms with E-state index in [-0.39, 0.29) is 18.4 Å². The number of primary amides is 1. The minimum atomic E-state index is -0.649. The van der Waals surface area contributed by atoms with Gasteiger partial charge in [0.15, 0.2) is 5.82 Å². The molecule has 1 aliphatic heterocycles. The van der Waals surface area contributed by atoms with Crippen LogP contribution in [0.2, 0.25) is 0 Å². The summed E-state index contributed by atoms with van der Waals surface area (Å²) in [5, 5.41) is 4.33. The highest BCUT2D eigenvalue weighted by molar-refractivity contribution is 5.83. The summed E-state index contributed by atoms with van der Waals surface area (Å²) in [6, 6.07) is 7.26. The first-order chi connectivity index (χ1) is 14.0. The van der Waals surface area contributed by atoms with Gasteiger partial charge in [-0.3, -0.25) is 9.59 Å². The van der Waals surface area contributed by atoms with Crippen LogP contribution in [0.15, 0.2) is 29.1 Å². The van der Waals surface area contributed by atoms with E-state index in [1.54, 1.807) is 13.0 Å². The second kappa shape index (κ2) is 7.53. The van der Waals surface area contributed by atoms with Gasteiger partial charge >= 0.3 is 11.7 Å². The largest absolute Gasteiger partial charge is 0.466 e. The Morgan fingerprint density at radius 1 is 1.24 bits per heavy atom. The molecule has 29 heavy (non-hydrogen) atoms. The van der Waals surface area contributed by atoms with Crippen LogP contribution in [0.5, 0.6) is 0 Å². The molecule has 1 saturated heterocycles. The van der Waals surface area contributed by atoms with E-state index in [0.29, 0.717) is 55.0 Å². The topological polar surface area (TPSA) is 125 Å². The van der Waals surface area contributed by atoms with Gasteiger partial charge in [-0.25, -0.2) is 18.9 Å². The van der Waals surface area contributed by atoms with Crippen molar-refractivity contribution in [1.82, 2.24) is 19.2 Å². The van der Waals surface area contributed by atoms with Gasteiger partial charge in [-0.2, -0.15) is 0 Å². The summed E-state index contributed by atoms with van der Waals surface area (Å²) < 4.78 is 7.64. The molecule has 0 aliphatic carbocycles. The zero-order valence-electron chi connectivity index (χ0n) is 16.1. The van der Waals surface area contributed by atoms with Crippen molar-refractivity contribution >= 4 is 34.4 Å². The van der Waals surface area contributed by atoms with Crippen LogP contribution in [0, 0.1) is 5.92 Å². The molecule has 3 heterocycles. The molecule has 4 rings (SSSR count). The molecule has 1 fully saturated rings. The summed E-state index contributed by atoms with van der Waals surface area (Å²) in [6.07, 6.45) is 1.26. The Bertz CT molecular complexity index is 1140. The Hall–Kier alpha value is -3.43. The van der Waals surface area contributed by atoms with Crippen LogP contribution in [-0.2, 0) is 20.9 Å². The van der Waals surface area contributed by atoms with Crippen LogP contribution in [-0.4, -0.2) is 50.7 Å². The smallest absolute Gasteiger partial charge is 0.351 e. The van der Waals surface area contributed by atoms with E-state index in [2.05, 4.69) is 5.10 Å². The van der Waals surface area contributed by atoms with Gasteiger partial charge < -0.3 is 15.4 Å². The minimum Gasteiger partial charge on any atom is -0.466 e. The lowest BCUT2D eigenvalue weighted by Gasteiger charge is -2.31. The molecule has 1 aliphatic rings. The molecule has 0 atom stereocenters. The molecule has 2 aromatic heterocycles. The second-order valence-electron chi connectivity index (χ2n) is 7.00. The van der Waals surface area contributed by atoms with Gasteiger partial charge in [-0.1, -0.05) is 12.1 Å². The predicted molar refractivity (Wildman–Crippen MR) is 106 cm³/mol. The number of ether oxygens (including phenoxy) is 1. The predicted octanol–water partition coefficient (Wildman–Crippen LogP) is 0.309. The standard InChI is InChI=1S/C19H22N6O4/c1-2-29-18(27)12-7-9-23(10-8-12)16-17-22-24(11-15(20)26)19(28)25(17)14-6-4-3-5-13(14)21-16/h3-6,12H,2,7-11H2,1H3,(H2,20,26). The van der Waals surface area contributed by atoms with Gasteiger partial charge in [0.1, 0.15) is 6.54 Å². The Balaban J connectivity index is 1.77. The molecule has 0 spiro atoms. The highest BCUT2D eigenvalue weighted by Gasteiger charge is 2.29. The van der Waals surface area contributed by atoms with E-state index in [1.807, 2.05) is 23.1 Å². The zero-order chi connectivity index (χ0) is 20.5. The van der Waals surface area contributed by atoms with E-state index < -0.39 is 11.6 Å². The van der Waals surface area contributed by atoms with Crippen LogP contribution in [0.1, 0.15) is 19.8 Å². The number of nitrogens with two attached hydrogens (primary N) is 1. The lowest BCUT2D eigenvalue weighted by Crippen LogP contribution is -2.37. The Kier molecular flexibility index (Phi) is 4.91. The maximum atomic E-state index is 12.9. The number of aromatic nitrogens is 4. The van der Waals surface area contributed by atoms with Gasteiger partial charge in [0.25, 0.3) is 0 Å². The molecule has 3 aromatic rings. The van der Waals surface area contributed by atoms with E-state index >= 15 is 0 Å². The van der Waals surface area contributed by atoms with Crippen molar-refractivity contribution in [2.45, 2.75) is 26.3 Å². The number of nitrogens with zero attached hydrogens (tertiary/aromatic N) is 5. The van der Waals surface area contributed by atoms with Gasteiger partial charge in [-0.15, -0.1) is 5.10 Å². The summed E-state index contributed by atoms with van der Waals surface area (Å²) in [5.41, 5.74) is 6.43. The number of hydrogen-bond donors (Lipinski definition) is 1. The van der Waals surface area contributed by atoms with E-state index in [1.165, 1.54) is 4.40 Å². The third-order valence-electron chi connectivity index (χ3n) is 5.11. The normalized spacial score (nSPS) is 15.1. The molecule has 0 unspecified atom stereocenters. The van der Waals surface area contributed by atoms with Gasteiger partial charge in [-0.05, 0) is 31.9 Å². The Morgan fingerprint density at radius 2 is 1.97 bits per heavy atom. The minimum absolute atomic E-state index is 0.141. The van der Waals surface area contributed by atoms with E-state index in [4.69, 9.17) is 15.5 Å². The van der Waals surface area contributed by atoms with Crippen molar-refractivity contribution in [1.29, 1.82) is 0 Å². The fraction of sp³-hybridized carbons (Fsp3) is 0.421. The van der Waals surface area contributed by atoms with Gasteiger partial charge in [0.05, 0.1) is 23.6 Å². The number of benzene rings is 1. The molecule has 2 N–H and O–H groups in total. The number of carbonyl (C=O) groups is 2. The molecule has 1 aromatic carbocycles. The Labute approximate surface area is 165 Å². The van der Waals surface area contributed by atoms with E-state index in [9.17, 15) is 14.4 Å². The van der Waals surface area contributed by atoms with Crippen molar-refractivity contribution in [2.75, 3.05) is 24.6 Å². The summed E-state index contributed by atoms with van der Waals surface area (Å²) >= 11 is 0. The maximum absolute atomic E-state index is 12.9. The highest BCUT2D eigenvalue weighted by atomic mass is 16.5. The number of amides is 1. The summed E-state index contributed by atoms with van der Waals surface area (Å²) in [4.78, 5) is 43.0. The lowest BCUT2D eigenvalue weighted by atomic mass is 9.97. The summed E-state index contributed by atoms with van der Waals surface area (Å²) in [7, 11) is 0. The van der Waals surface area contributed by atoms with Crippen molar-refractivity contribution in [2.24, 2.45) is 11.7 Å². The van der Waals surface area contributed by atoms with Crippen LogP contribution in [0.3, 0.4) is 0 Å². The average Bonchev–Trinajstić information content (AvgIpc) is 3.03. The fourth-order valence-electron chi connectivity index (χ4n) is 3.73. The number of anilines is 1. The van der Waals surface area contributed by atoms with Crippen LogP contribution in [0.25, 0.3) is 16.7 Å². The number of carbonyl (C=O) groups excluding carboxylic acids is 2. The van der Waals surface area contributed by atoms with Crippen LogP contribution in [0.4, 0.5) is 5.82 Å². The number of esters is 1. The first-order valence-corrected chi connectivity index (χ1v) is 9.57. The SMILES string of the molecule is CCOC(=O)C1CCN(c2nc3ccccc3n3c(=O)n(CC(N)=O)nc23)CC1. The number of rotatable bonds is 5. The molecule has 0 bridgehead atoms. The van der Waals surface area contributed by atoms with Crippen molar-refractivity contribution < 1.29 is 14.3 Å². The third-order valence-corrected chi connectivity index (χ3v) is 5.11. The molecular weight excluding hydrogens is 376 g/mol. The lowest BCUT2D eigenvalue weighted by molar-refractivity contribution is -0.148. The fourth-order valence-corrected chi connectivity index (χ4v) is 3.73. The second-order valence-corrected chi connectivity index (χ2v) is 7.00. The van der Waals surface area contributed by atoms with E-state index in [0.717, 1.165) is 4.68 Å². The summed E-state index contributed by atoms with van der Waals surface area (Å²) in [5.74, 6) is -0.418. The molecule has 0 radical (unpaired) electrons. The maximum Gasteiger partial charge on any atom is 0.351 e. The first kappa shape index (κ1) is 18.9. The number of piperidine rings is 1. The van der Waals surface area contributed by atoms with Crippen molar-refractivity contribution in [3.63, 3.8) is 0 Å². The van der Waals surface area contributed by atoms with Crippen LogP contribution < -0.4 is 16.3 Å². The van der Waals surface area contributed by atoms with Gasteiger partial charge in [0, 0.05) is 13.1 Å². The Morgan fingerprint density at radius 3 is 2.66 bits per heavy atom.